The minimum absolute atomic E-state index is 0.0158. The Bertz CT molecular complexity index is 2270. The summed E-state index contributed by atoms with van der Waals surface area (Å²) in [5.74, 6) is 0.0541. The minimum Gasteiger partial charge on any atom is -0.508 e. The summed E-state index contributed by atoms with van der Waals surface area (Å²) in [6.07, 6.45) is 1.75. The van der Waals surface area contributed by atoms with Gasteiger partial charge in [-0.2, -0.15) is 0 Å². The zero-order valence-electron chi connectivity index (χ0n) is 29.9. The van der Waals surface area contributed by atoms with Crippen molar-refractivity contribution in [2.24, 2.45) is 0 Å². The van der Waals surface area contributed by atoms with E-state index in [1.807, 2.05) is 57.1 Å². The van der Waals surface area contributed by atoms with Gasteiger partial charge in [0.25, 0.3) is 0 Å². The van der Waals surface area contributed by atoms with Crippen LogP contribution in [-0.4, -0.2) is 70.1 Å². The average Bonchev–Trinajstić information content (AvgIpc) is 3.60. The molecule has 0 aliphatic heterocycles. The van der Waals surface area contributed by atoms with Crippen molar-refractivity contribution in [2.75, 3.05) is 38.8 Å². The van der Waals surface area contributed by atoms with Gasteiger partial charge < -0.3 is 39.4 Å². The number of rotatable bonds is 14. The van der Waals surface area contributed by atoms with Crippen molar-refractivity contribution < 1.29 is 34.0 Å². The van der Waals surface area contributed by atoms with E-state index in [0.29, 0.717) is 71.0 Å². The van der Waals surface area contributed by atoms with Crippen LogP contribution in [0, 0.1) is 13.8 Å². The normalized spacial score (nSPS) is 11.2. The zero-order chi connectivity index (χ0) is 37.6. The van der Waals surface area contributed by atoms with Crippen LogP contribution in [0.25, 0.3) is 33.2 Å². The summed E-state index contributed by atoms with van der Waals surface area (Å²) < 4.78 is 18.5. The second kappa shape index (κ2) is 15.9. The number of nitrogens with one attached hydrogen (secondary N) is 1. The van der Waals surface area contributed by atoms with Gasteiger partial charge in [-0.05, 0) is 78.1 Å². The summed E-state index contributed by atoms with van der Waals surface area (Å²) in [5.41, 5.74) is 6.07. The maximum atomic E-state index is 12.7. The molecular weight excluding hydrogens is 678 g/mol. The maximum absolute atomic E-state index is 12.7. The fourth-order valence-electron chi connectivity index (χ4n) is 6.09. The molecule has 0 saturated carbocycles. The number of carbonyl (C=O) groups is 1. The zero-order valence-corrected chi connectivity index (χ0v) is 29.9. The summed E-state index contributed by atoms with van der Waals surface area (Å²) in [5, 5.41) is 43.3. The van der Waals surface area contributed by atoms with Crippen LogP contribution >= 0.6 is 0 Å². The number of aromatic hydroxyl groups is 3. The second-order valence-corrected chi connectivity index (χ2v) is 12.8. The van der Waals surface area contributed by atoms with Crippen molar-refractivity contribution in [3.05, 3.63) is 112 Å². The highest BCUT2D eigenvalue weighted by Crippen LogP contribution is 2.48. The van der Waals surface area contributed by atoms with Crippen LogP contribution in [0.15, 0.2) is 88.2 Å². The number of anilines is 1. The molecule has 2 heterocycles. The molecule has 0 saturated heterocycles. The van der Waals surface area contributed by atoms with E-state index in [-0.39, 0.29) is 36.1 Å². The summed E-state index contributed by atoms with van der Waals surface area (Å²) in [7, 11) is 3.79. The Morgan fingerprint density at radius 2 is 1.53 bits per heavy atom. The summed E-state index contributed by atoms with van der Waals surface area (Å²) in [4.78, 5) is 26.8. The molecule has 4 N–H and O–H groups in total. The monoisotopic (exact) mass is 719 g/mol. The smallest absolute Gasteiger partial charge is 0.336 e. The molecule has 0 aliphatic rings. The lowest BCUT2D eigenvalue weighted by Crippen LogP contribution is -2.25. The van der Waals surface area contributed by atoms with E-state index in [1.54, 1.807) is 41.2 Å². The molecule has 13 nitrogen and oxygen atoms in total. The number of phenols is 3. The lowest BCUT2D eigenvalue weighted by Gasteiger charge is -2.19. The van der Waals surface area contributed by atoms with E-state index in [9.17, 15) is 24.9 Å². The molecule has 0 spiro atoms. The number of amides is 1. The molecule has 6 rings (SSSR count). The molecule has 2 aromatic heterocycles. The lowest BCUT2D eigenvalue weighted by molar-refractivity contribution is -0.120. The van der Waals surface area contributed by atoms with Gasteiger partial charge in [0.05, 0.1) is 38.9 Å². The van der Waals surface area contributed by atoms with Crippen molar-refractivity contribution in [1.82, 2.24) is 20.3 Å². The molecule has 13 heteroatoms. The lowest BCUT2D eigenvalue weighted by atomic mass is 9.89. The SMILES string of the molecule is Cc1c(C)c(-c2ccc(OCCOCCn3cc(CNC(=O)Cc4cc(=O)oc5cc(N(C)C)ccc45)nn3)cc2)c(O)c(O)c1-c1ccc(O)cc1. The van der Waals surface area contributed by atoms with Gasteiger partial charge in [0.15, 0.2) is 11.5 Å². The van der Waals surface area contributed by atoms with Crippen LogP contribution in [0.4, 0.5) is 5.69 Å². The van der Waals surface area contributed by atoms with Crippen LogP contribution in [0.3, 0.4) is 0 Å². The van der Waals surface area contributed by atoms with E-state index in [1.165, 1.54) is 18.2 Å². The molecule has 0 radical (unpaired) electrons. The number of ether oxygens (including phenoxy) is 2. The number of carbonyl (C=O) groups excluding carboxylic acids is 1. The highest BCUT2D eigenvalue weighted by molar-refractivity contribution is 5.89. The largest absolute Gasteiger partial charge is 0.508 e. The molecule has 1 amide bonds. The molecule has 0 bridgehead atoms. The Kier molecular flexibility index (Phi) is 10.9. The predicted octanol–water partition coefficient (Wildman–Crippen LogP) is 5.47. The van der Waals surface area contributed by atoms with Gasteiger partial charge in [0.2, 0.25) is 5.91 Å². The van der Waals surface area contributed by atoms with Crippen LogP contribution in [0.2, 0.25) is 0 Å². The first-order valence-electron chi connectivity index (χ1n) is 17.0. The number of aromatic nitrogens is 3. The average molecular weight is 720 g/mol. The van der Waals surface area contributed by atoms with Crippen LogP contribution in [0.1, 0.15) is 22.4 Å². The molecule has 4 aromatic carbocycles. The van der Waals surface area contributed by atoms with Crippen LogP contribution < -0.4 is 20.6 Å². The van der Waals surface area contributed by atoms with Crippen molar-refractivity contribution in [3.63, 3.8) is 0 Å². The van der Waals surface area contributed by atoms with Gasteiger partial charge in [-0.1, -0.05) is 29.5 Å². The number of phenolic OH excluding ortho intramolecular Hbond substituents is 3. The Morgan fingerprint density at radius 1 is 0.868 bits per heavy atom. The Morgan fingerprint density at radius 3 is 2.19 bits per heavy atom. The Balaban J connectivity index is 0.938. The number of hydrogen-bond donors (Lipinski definition) is 4. The maximum Gasteiger partial charge on any atom is 0.336 e. The van der Waals surface area contributed by atoms with Crippen LogP contribution in [0.5, 0.6) is 23.0 Å². The highest BCUT2D eigenvalue weighted by atomic mass is 16.5. The van der Waals surface area contributed by atoms with Crippen molar-refractivity contribution in [3.8, 4) is 45.3 Å². The van der Waals surface area contributed by atoms with Crippen molar-refractivity contribution >= 4 is 22.6 Å². The Hall–Kier alpha value is -6.34. The Labute approximate surface area is 305 Å². The molecule has 0 aliphatic carbocycles. The summed E-state index contributed by atoms with van der Waals surface area (Å²) in [6, 6.07) is 20.6. The molecule has 0 atom stereocenters. The van der Waals surface area contributed by atoms with E-state index in [2.05, 4.69) is 15.6 Å². The van der Waals surface area contributed by atoms with E-state index in [0.717, 1.165) is 22.4 Å². The first-order chi connectivity index (χ1) is 25.5. The first kappa shape index (κ1) is 36.5. The fraction of sp³-hybridized carbons (Fsp3) is 0.250. The first-order valence-corrected chi connectivity index (χ1v) is 17.0. The van der Waals surface area contributed by atoms with Gasteiger partial charge in [-0.15, -0.1) is 5.10 Å². The topological polar surface area (TPSA) is 172 Å². The molecular formula is C40H41N5O8. The molecule has 6 aromatic rings. The standard InChI is InChI=1S/C40H41N5O8/c1-24-25(2)38(40(50)39(49)37(24)26-5-10-31(46)11-6-26)27-7-12-32(13-8-27)52-18-17-51-16-15-45-23-29(42-43-45)22-41-35(47)19-28-20-36(48)53-34-21-30(44(3)4)9-14-33(28)34/h5-14,20-21,23,46,49-50H,15-19,22H2,1-4H3,(H,41,47). The fourth-order valence-corrected chi connectivity index (χ4v) is 6.09. The third kappa shape index (κ3) is 8.42. The molecule has 53 heavy (non-hydrogen) atoms. The van der Waals surface area contributed by atoms with Crippen LogP contribution in [-0.2, 0) is 29.0 Å². The predicted molar refractivity (Wildman–Crippen MR) is 200 cm³/mol. The number of fused-ring (bicyclic) bond motifs is 1. The van der Waals surface area contributed by atoms with E-state index < -0.39 is 5.63 Å². The second-order valence-electron chi connectivity index (χ2n) is 12.8. The molecule has 274 valence electrons. The summed E-state index contributed by atoms with van der Waals surface area (Å²) >= 11 is 0. The third-order valence-corrected chi connectivity index (χ3v) is 9.00. The van der Waals surface area contributed by atoms with E-state index >= 15 is 0 Å². The van der Waals surface area contributed by atoms with Gasteiger partial charge >= 0.3 is 5.63 Å². The summed E-state index contributed by atoms with van der Waals surface area (Å²) in [6.45, 7) is 5.45. The minimum atomic E-state index is -0.511. The van der Waals surface area contributed by atoms with E-state index in [4.69, 9.17) is 13.9 Å². The number of nitrogens with zero attached hydrogens (tertiary/aromatic N) is 4. The van der Waals surface area contributed by atoms with Gasteiger partial charge in [-0.25, -0.2) is 9.48 Å². The van der Waals surface area contributed by atoms with Gasteiger partial charge in [-0.3, -0.25) is 4.79 Å². The quantitative estimate of drug-likeness (QED) is 0.0639. The number of benzene rings is 4. The molecule has 0 unspecified atom stereocenters. The van der Waals surface area contributed by atoms with Crippen molar-refractivity contribution in [1.29, 1.82) is 0 Å². The molecule has 0 fully saturated rings. The van der Waals surface area contributed by atoms with Gasteiger partial charge in [0.1, 0.15) is 29.4 Å². The van der Waals surface area contributed by atoms with Crippen molar-refractivity contribution in [2.45, 2.75) is 33.4 Å². The highest BCUT2D eigenvalue weighted by Gasteiger charge is 2.21. The van der Waals surface area contributed by atoms with Gasteiger partial charge in [0, 0.05) is 48.4 Å². The number of hydrogen-bond acceptors (Lipinski definition) is 11. The third-order valence-electron chi connectivity index (χ3n) is 9.00.